The van der Waals surface area contributed by atoms with Crippen molar-refractivity contribution in [2.45, 2.75) is 4.90 Å². The fraction of sp³-hybridized carbons (Fsp3) is 0.0476. The smallest absolute Gasteiger partial charge is 0.343 e. The van der Waals surface area contributed by atoms with Gasteiger partial charge in [0.25, 0.3) is 0 Å². The number of hydrogen-bond donors (Lipinski definition) is 0. The molecule has 0 bridgehead atoms. The highest BCUT2D eigenvalue weighted by atomic mass is 32.2. The van der Waals surface area contributed by atoms with Crippen LogP contribution in [-0.4, -0.2) is 18.2 Å². The number of carbonyl (C=O) groups excluding carboxylic acids is 2. The number of thioether (sulfide) groups is 1. The van der Waals surface area contributed by atoms with Crippen molar-refractivity contribution in [2.75, 3.05) is 6.26 Å². The molecule has 3 aromatic rings. The maximum absolute atomic E-state index is 12.2. The van der Waals surface area contributed by atoms with Crippen LogP contribution in [0.2, 0.25) is 0 Å². The molecule has 0 heterocycles. The number of carbonyl (C=O) groups is 2. The second-order valence-electron chi connectivity index (χ2n) is 5.32. The SMILES string of the molecule is CSc1cc(OC(=O)c2ccccc2)ccc1OC(=O)c1ccccc1. The minimum absolute atomic E-state index is 0.391. The van der Waals surface area contributed by atoms with E-state index in [0.29, 0.717) is 27.5 Å². The first-order chi connectivity index (χ1) is 12.7. The fourth-order valence-corrected chi connectivity index (χ4v) is 2.81. The molecule has 0 aliphatic rings. The van der Waals surface area contributed by atoms with E-state index in [2.05, 4.69) is 0 Å². The largest absolute Gasteiger partial charge is 0.423 e. The summed E-state index contributed by atoms with van der Waals surface area (Å²) in [6.07, 6.45) is 1.86. The Morgan fingerprint density at radius 3 is 1.81 bits per heavy atom. The number of benzene rings is 3. The van der Waals surface area contributed by atoms with Crippen molar-refractivity contribution in [1.82, 2.24) is 0 Å². The van der Waals surface area contributed by atoms with Gasteiger partial charge in [0.2, 0.25) is 0 Å². The molecule has 0 saturated carbocycles. The average Bonchev–Trinajstić information content (AvgIpc) is 2.70. The van der Waals surface area contributed by atoms with Crippen molar-refractivity contribution in [2.24, 2.45) is 0 Å². The normalized spacial score (nSPS) is 10.2. The Morgan fingerprint density at radius 1 is 0.731 bits per heavy atom. The predicted molar refractivity (Wildman–Crippen MR) is 101 cm³/mol. The molecule has 0 spiro atoms. The van der Waals surface area contributed by atoms with Gasteiger partial charge in [-0.3, -0.25) is 0 Å². The highest BCUT2D eigenvalue weighted by molar-refractivity contribution is 7.98. The Kier molecular flexibility index (Phi) is 5.71. The molecule has 0 N–H and O–H groups in total. The van der Waals surface area contributed by atoms with Gasteiger partial charge in [-0.05, 0) is 48.7 Å². The van der Waals surface area contributed by atoms with Crippen molar-refractivity contribution < 1.29 is 19.1 Å². The molecular weight excluding hydrogens is 348 g/mol. The van der Waals surface area contributed by atoms with Crippen LogP contribution in [0, 0.1) is 0 Å². The lowest BCUT2D eigenvalue weighted by Gasteiger charge is -2.11. The molecule has 26 heavy (non-hydrogen) atoms. The van der Waals surface area contributed by atoms with Crippen molar-refractivity contribution in [3.63, 3.8) is 0 Å². The van der Waals surface area contributed by atoms with Crippen molar-refractivity contribution >= 4 is 23.7 Å². The molecule has 0 radical (unpaired) electrons. The molecule has 3 aromatic carbocycles. The number of esters is 2. The molecule has 0 amide bonds. The van der Waals surface area contributed by atoms with E-state index in [4.69, 9.17) is 9.47 Å². The van der Waals surface area contributed by atoms with Crippen molar-refractivity contribution in [1.29, 1.82) is 0 Å². The minimum Gasteiger partial charge on any atom is -0.423 e. The lowest BCUT2D eigenvalue weighted by Crippen LogP contribution is -2.10. The van der Waals surface area contributed by atoms with E-state index in [1.807, 2.05) is 18.4 Å². The van der Waals surface area contributed by atoms with Gasteiger partial charge in [0.15, 0.2) is 0 Å². The first kappa shape index (κ1) is 17.8. The molecule has 0 aliphatic carbocycles. The first-order valence-electron chi connectivity index (χ1n) is 7.90. The molecule has 0 atom stereocenters. The maximum atomic E-state index is 12.2. The highest BCUT2D eigenvalue weighted by Crippen LogP contribution is 2.32. The molecule has 0 unspecified atom stereocenters. The number of rotatable bonds is 5. The zero-order chi connectivity index (χ0) is 18.4. The summed E-state index contributed by atoms with van der Waals surface area (Å²) in [5.74, 6) is -0.0600. The second-order valence-corrected chi connectivity index (χ2v) is 6.17. The molecule has 130 valence electrons. The van der Waals surface area contributed by atoms with Gasteiger partial charge in [0, 0.05) is 0 Å². The summed E-state index contributed by atoms with van der Waals surface area (Å²) in [7, 11) is 0. The fourth-order valence-electron chi connectivity index (χ4n) is 2.27. The molecule has 4 nitrogen and oxygen atoms in total. The Bertz CT molecular complexity index is 908. The molecule has 3 rings (SSSR count). The summed E-state index contributed by atoms with van der Waals surface area (Å²) in [5, 5.41) is 0. The third-order valence-corrected chi connectivity index (χ3v) is 4.33. The lowest BCUT2D eigenvalue weighted by atomic mass is 10.2. The number of ether oxygens (including phenoxy) is 2. The van der Waals surface area contributed by atoms with Gasteiger partial charge in [-0.1, -0.05) is 36.4 Å². The molecule has 0 aliphatic heterocycles. The maximum Gasteiger partial charge on any atom is 0.343 e. The van der Waals surface area contributed by atoms with Crippen LogP contribution >= 0.6 is 11.8 Å². The monoisotopic (exact) mass is 364 g/mol. The lowest BCUT2D eigenvalue weighted by molar-refractivity contribution is 0.0715. The Morgan fingerprint density at radius 2 is 1.27 bits per heavy atom. The third kappa shape index (κ3) is 4.32. The van der Waals surface area contributed by atoms with Crippen molar-refractivity contribution in [3.8, 4) is 11.5 Å². The Hall–Kier alpha value is -3.05. The van der Waals surface area contributed by atoms with Crippen LogP contribution in [0.25, 0.3) is 0 Å². The van der Waals surface area contributed by atoms with Gasteiger partial charge in [0.1, 0.15) is 11.5 Å². The van der Waals surface area contributed by atoms with Gasteiger partial charge in [-0.15, -0.1) is 11.8 Å². The Labute approximate surface area is 155 Å². The van der Waals surface area contributed by atoms with Crippen LogP contribution in [0.15, 0.2) is 83.8 Å². The van der Waals surface area contributed by atoms with E-state index in [1.54, 1.807) is 66.7 Å². The van der Waals surface area contributed by atoms with Crippen LogP contribution in [0.1, 0.15) is 20.7 Å². The summed E-state index contributed by atoms with van der Waals surface area (Å²) in [5.41, 5.74) is 0.942. The minimum atomic E-state index is -0.438. The third-order valence-electron chi connectivity index (χ3n) is 3.57. The van der Waals surface area contributed by atoms with Crippen LogP contribution < -0.4 is 9.47 Å². The topological polar surface area (TPSA) is 52.6 Å². The van der Waals surface area contributed by atoms with Crippen LogP contribution in [0.4, 0.5) is 0 Å². The van der Waals surface area contributed by atoms with Gasteiger partial charge in [-0.25, -0.2) is 9.59 Å². The number of hydrogen-bond acceptors (Lipinski definition) is 5. The van der Waals surface area contributed by atoms with Crippen LogP contribution in [0.5, 0.6) is 11.5 Å². The zero-order valence-electron chi connectivity index (χ0n) is 14.0. The first-order valence-corrected chi connectivity index (χ1v) is 9.12. The quantitative estimate of drug-likeness (QED) is 0.368. The van der Waals surface area contributed by atoms with E-state index in [9.17, 15) is 9.59 Å². The van der Waals surface area contributed by atoms with E-state index in [-0.39, 0.29) is 0 Å². The van der Waals surface area contributed by atoms with E-state index >= 15 is 0 Å². The zero-order valence-corrected chi connectivity index (χ0v) is 14.9. The summed E-state index contributed by atoms with van der Waals surface area (Å²) in [4.78, 5) is 25.1. The summed E-state index contributed by atoms with van der Waals surface area (Å²) in [6.45, 7) is 0. The molecular formula is C21H16O4S. The average molecular weight is 364 g/mol. The Balaban J connectivity index is 1.75. The molecule has 0 saturated heterocycles. The molecule has 0 aromatic heterocycles. The van der Waals surface area contributed by atoms with Crippen molar-refractivity contribution in [3.05, 3.63) is 90.0 Å². The van der Waals surface area contributed by atoms with E-state index in [0.717, 1.165) is 0 Å². The van der Waals surface area contributed by atoms with Gasteiger partial charge in [0.05, 0.1) is 16.0 Å². The summed E-state index contributed by atoms with van der Waals surface area (Å²) in [6, 6.07) is 22.4. The predicted octanol–water partition coefficient (Wildman–Crippen LogP) is 4.85. The van der Waals surface area contributed by atoms with Crippen LogP contribution in [0.3, 0.4) is 0 Å². The van der Waals surface area contributed by atoms with E-state index < -0.39 is 11.9 Å². The summed E-state index contributed by atoms with van der Waals surface area (Å²) < 4.78 is 10.9. The summed E-state index contributed by atoms with van der Waals surface area (Å²) >= 11 is 1.40. The van der Waals surface area contributed by atoms with Gasteiger partial charge < -0.3 is 9.47 Å². The van der Waals surface area contributed by atoms with Gasteiger partial charge in [-0.2, -0.15) is 0 Å². The van der Waals surface area contributed by atoms with Gasteiger partial charge >= 0.3 is 11.9 Å². The van der Waals surface area contributed by atoms with Crippen LogP contribution in [-0.2, 0) is 0 Å². The highest BCUT2D eigenvalue weighted by Gasteiger charge is 2.14. The molecule has 5 heteroatoms. The standard InChI is InChI=1S/C21H16O4S/c1-26-19-14-17(24-20(22)15-8-4-2-5-9-15)12-13-18(19)25-21(23)16-10-6-3-7-11-16/h2-14H,1H3. The van der Waals surface area contributed by atoms with E-state index in [1.165, 1.54) is 11.8 Å². The molecule has 0 fully saturated rings. The second kappa shape index (κ2) is 8.36.